The summed E-state index contributed by atoms with van der Waals surface area (Å²) in [4.78, 5) is 12.1. The molecule has 2 aromatic rings. The summed E-state index contributed by atoms with van der Waals surface area (Å²) in [7, 11) is 1.38. The predicted molar refractivity (Wildman–Crippen MR) is 88.2 cm³/mol. The monoisotopic (exact) mass is 330 g/mol. The molecular formula is C18H22N2O4. The van der Waals surface area contributed by atoms with Crippen LogP contribution in [-0.4, -0.2) is 40.2 Å². The Hall–Kier alpha value is -2.08. The SMILES string of the molecule is COC(=O)c1cc2cn([C@H]3CC[C@@H](O)CC3)nc2cc1OC1CC1. The molecular weight excluding hydrogens is 308 g/mol. The molecule has 6 nitrogen and oxygen atoms in total. The van der Waals surface area contributed by atoms with Gasteiger partial charge in [0.05, 0.1) is 30.9 Å². The molecule has 1 N–H and O–H groups in total. The van der Waals surface area contributed by atoms with Gasteiger partial charge in [-0.1, -0.05) is 0 Å². The minimum atomic E-state index is -0.388. The summed E-state index contributed by atoms with van der Waals surface area (Å²) < 4.78 is 12.7. The number of esters is 1. The molecule has 0 bridgehead atoms. The van der Waals surface area contributed by atoms with Crippen molar-refractivity contribution in [1.29, 1.82) is 0 Å². The topological polar surface area (TPSA) is 73.6 Å². The molecule has 2 aliphatic carbocycles. The number of nitrogens with zero attached hydrogens (tertiary/aromatic N) is 2. The van der Waals surface area contributed by atoms with Crippen molar-refractivity contribution in [3.8, 4) is 5.75 Å². The van der Waals surface area contributed by atoms with Crippen LogP contribution in [0.5, 0.6) is 5.75 Å². The van der Waals surface area contributed by atoms with Crippen molar-refractivity contribution in [3.63, 3.8) is 0 Å². The first kappa shape index (κ1) is 15.4. The van der Waals surface area contributed by atoms with Crippen molar-refractivity contribution < 1.29 is 19.4 Å². The van der Waals surface area contributed by atoms with Crippen LogP contribution in [0.4, 0.5) is 0 Å². The first-order chi connectivity index (χ1) is 11.6. The summed E-state index contributed by atoms with van der Waals surface area (Å²) in [6.07, 6.45) is 7.51. The Labute approximate surface area is 140 Å². The van der Waals surface area contributed by atoms with Crippen molar-refractivity contribution in [2.75, 3.05) is 7.11 Å². The number of carbonyl (C=O) groups excluding carboxylic acids is 1. The quantitative estimate of drug-likeness (QED) is 0.873. The third kappa shape index (κ3) is 2.98. The van der Waals surface area contributed by atoms with Gasteiger partial charge >= 0.3 is 5.97 Å². The Balaban J connectivity index is 1.68. The zero-order valence-corrected chi connectivity index (χ0v) is 13.8. The maximum atomic E-state index is 12.1. The average molecular weight is 330 g/mol. The number of benzene rings is 1. The average Bonchev–Trinajstić information content (AvgIpc) is 3.30. The fourth-order valence-electron chi connectivity index (χ4n) is 3.31. The summed E-state index contributed by atoms with van der Waals surface area (Å²) in [6, 6.07) is 3.95. The molecule has 24 heavy (non-hydrogen) atoms. The van der Waals surface area contributed by atoms with Gasteiger partial charge in [-0.2, -0.15) is 5.10 Å². The maximum absolute atomic E-state index is 12.1. The van der Waals surface area contributed by atoms with Crippen molar-refractivity contribution in [2.45, 2.75) is 56.8 Å². The number of fused-ring (bicyclic) bond motifs is 1. The third-order valence-corrected chi connectivity index (χ3v) is 4.89. The Bertz CT molecular complexity index is 758. The Kier molecular flexibility index (Phi) is 3.92. The van der Waals surface area contributed by atoms with Crippen molar-refractivity contribution in [3.05, 3.63) is 23.9 Å². The third-order valence-electron chi connectivity index (χ3n) is 4.89. The second kappa shape index (κ2) is 6.09. The highest BCUT2D eigenvalue weighted by atomic mass is 16.5. The van der Waals surface area contributed by atoms with E-state index in [4.69, 9.17) is 9.47 Å². The summed E-state index contributed by atoms with van der Waals surface area (Å²) in [5.41, 5.74) is 1.28. The van der Waals surface area contributed by atoms with Crippen LogP contribution in [0.2, 0.25) is 0 Å². The van der Waals surface area contributed by atoms with E-state index in [1.54, 1.807) is 6.07 Å². The van der Waals surface area contributed by atoms with Gasteiger partial charge in [0.2, 0.25) is 0 Å². The lowest BCUT2D eigenvalue weighted by atomic mass is 9.93. The normalized spacial score (nSPS) is 24.1. The number of aromatic nitrogens is 2. The van der Waals surface area contributed by atoms with Crippen LogP contribution < -0.4 is 4.74 Å². The lowest BCUT2D eigenvalue weighted by Gasteiger charge is -2.25. The second-order valence-electron chi connectivity index (χ2n) is 6.79. The van der Waals surface area contributed by atoms with Gasteiger partial charge in [-0.15, -0.1) is 0 Å². The molecule has 0 atom stereocenters. The van der Waals surface area contributed by atoms with Crippen LogP contribution in [0.3, 0.4) is 0 Å². The summed E-state index contributed by atoms with van der Waals surface area (Å²) >= 11 is 0. The largest absolute Gasteiger partial charge is 0.489 e. The molecule has 1 heterocycles. The standard InChI is InChI=1S/C18H22N2O4/c1-23-18(22)15-8-11-10-20(12-2-4-13(21)5-3-12)19-16(11)9-17(15)24-14-6-7-14/h8-10,12-14,21H,2-7H2,1H3/t12-,13+. The lowest BCUT2D eigenvalue weighted by molar-refractivity contribution is 0.0596. The van der Waals surface area contributed by atoms with Gasteiger partial charge in [-0.25, -0.2) is 4.79 Å². The summed E-state index contributed by atoms with van der Waals surface area (Å²) in [5, 5.41) is 15.3. The molecule has 0 aliphatic heterocycles. The van der Waals surface area contributed by atoms with Crippen LogP contribution in [-0.2, 0) is 4.74 Å². The molecule has 2 aliphatic rings. The van der Waals surface area contributed by atoms with E-state index in [-0.39, 0.29) is 18.2 Å². The van der Waals surface area contributed by atoms with Gasteiger partial charge in [0, 0.05) is 17.6 Å². The molecule has 0 unspecified atom stereocenters. The molecule has 1 aromatic heterocycles. The van der Waals surface area contributed by atoms with E-state index in [0.29, 0.717) is 17.4 Å². The fraction of sp³-hybridized carbons (Fsp3) is 0.556. The first-order valence-electron chi connectivity index (χ1n) is 8.60. The molecule has 0 spiro atoms. The van der Waals surface area contributed by atoms with Crippen LogP contribution in [0.25, 0.3) is 10.9 Å². The van der Waals surface area contributed by atoms with Crippen LogP contribution in [0, 0.1) is 0 Å². The van der Waals surface area contributed by atoms with Gasteiger partial charge in [0.15, 0.2) is 0 Å². The molecule has 2 fully saturated rings. The van der Waals surface area contributed by atoms with Gasteiger partial charge in [0.25, 0.3) is 0 Å². The molecule has 0 radical (unpaired) electrons. The van der Waals surface area contributed by atoms with E-state index in [0.717, 1.165) is 49.4 Å². The molecule has 0 amide bonds. The van der Waals surface area contributed by atoms with Gasteiger partial charge in [0.1, 0.15) is 11.3 Å². The molecule has 2 saturated carbocycles. The first-order valence-corrected chi connectivity index (χ1v) is 8.60. The van der Waals surface area contributed by atoms with Crippen molar-refractivity contribution in [2.24, 2.45) is 0 Å². The predicted octanol–water partition coefficient (Wildman–Crippen LogP) is 2.84. The highest BCUT2D eigenvalue weighted by molar-refractivity contribution is 5.97. The minimum Gasteiger partial charge on any atom is -0.489 e. The highest BCUT2D eigenvalue weighted by Crippen LogP contribution is 2.34. The smallest absolute Gasteiger partial charge is 0.341 e. The number of aliphatic hydroxyl groups is 1. The van der Waals surface area contributed by atoms with Crippen molar-refractivity contribution in [1.82, 2.24) is 9.78 Å². The van der Waals surface area contributed by atoms with Crippen LogP contribution in [0.1, 0.15) is 54.9 Å². The van der Waals surface area contributed by atoms with Crippen LogP contribution in [0.15, 0.2) is 18.3 Å². The summed E-state index contributed by atoms with van der Waals surface area (Å²) in [6.45, 7) is 0. The minimum absolute atomic E-state index is 0.185. The number of hydrogen-bond acceptors (Lipinski definition) is 5. The molecule has 128 valence electrons. The lowest BCUT2D eigenvalue weighted by Crippen LogP contribution is -2.21. The number of ether oxygens (including phenoxy) is 2. The zero-order chi connectivity index (χ0) is 16.7. The Morgan fingerprint density at radius 2 is 1.96 bits per heavy atom. The van der Waals surface area contributed by atoms with Crippen molar-refractivity contribution >= 4 is 16.9 Å². The fourth-order valence-corrected chi connectivity index (χ4v) is 3.31. The van der Waals surface area contributed by atoms with E-state index in [9.17, 15) is 9.90 Å². The number of carbonyl (C=O) groups is 1. The van der Waals surface area contributed by atoms with Gasteiger partial charge in [-0.3, -0.25) is 4.68 Å². The molecule has 6 heteroatoms. The Morgan fingerprint density at radius 1 is 1.21 bits per heavy atom. The van der Waals surface area contributed by atoms with E-state index >= 15 is 0 Å². The zero-order valence-electron chi connectivity index (χ0n) is 13.8. The summed E-state index contributed by atoms with van der Waals surface area (Å²) in [5.74, 6) is 0.169. The van der Waals surface area contributed by atoms with Gasteiger partial charge in [-0.05, 0) is 44.6 Å². The second-order valence-corrected chi connectivity index (χ2v) is 6.79. The molecule has 1 aromatic carbocycles. The van der Waals surface area contributed by atoms with E-state index in [2.05, 4.69) is 5.10 Å². The van der Waals surface area contributed by atoms with Crippen LogP contribution >= 0.6 is 0 Å². The van der Waals surface area contributed by atoms with E-state index < -0.39 is 0 Å². The van der Waals surface area contributed by atoms with Gasteiger partial charge < -0.3 is 14.6 Å². The highest BCUT2D eigenvalue weighted by Gasteiger charge is 2.27. The van der Waals surface area contributed by atoms with E-state index in [1.807, 2.05) is 16.9 Å². The maximum Gasteiger partial charge on any atom is 0.341 e. The number of methoxy groups -OCH3 is 1. The van der Waals surface area contributed by atoms with E-state index in [1.165, 1.54) is 7.11 Å². The Morgan fingerprint density at radius 3 is 2.62 bits per heavy atom. The number of aliphatic hydroxyl groups excluding tert-OH is 1. The number of rotatable bonds is 4. The molecule has 4 rings (SSSR count). The number of hydrogen-bond donors (Lipinski definition) is 1. The molecule has 0 saturated heterocycles.